The number of nitrogens with zero attached hydrogens (tertiary/aromatic N) is 1. The fourth-order valence-corrected chi connectivity index (χ4v) is 4.13. The van der Waals surface area contributed by atoms with Gasteiger partial charge in [0.1, 0.15) is 0 Å². The quantitative estimate of drug-likeness (QED) is 0.514. The lowest BCUT2D eigenvalue weighted by Crippen LogP contribution is -2.40. The molecule has 1 aliphatic heterocycles. The maximum atomic E-state index is 6.40. The molecule has 0 amide bonds. The molecule has 1 aliphatic carbocycles. The lowest BCUT2D eigenvalue weighted by atomic mass is 9.70. The Kier molecular flexibility index (Phi) is 4.51. The fraction of sp³-hybridized carbons (Fsp3) is 0.929. The van der Waals surface area contributed by atoms with E-state index in [-0.39, 0.29) is 0 Å². The molecule has 2 radical (unpaired) electrons. The minimum atomic E-state index is 0.361. The summed E-state index contributed by atoms with van der Waals surface area (Å²) in [5.41, 5.74) is 0. The van der Waals surface area contributed by atoms with E-state index in [9.17, 15) is 0 Å². The minimum absolute atomic E-state index is 0.361. The van der Waals surface area contributed by atoms with E-state index in [2.05, 4.69) is 18.7 Å². The molecule has 0 spiro atoms. The van der Waals surface area contributed by atoms with Crippen molar-refractivity contribution in [2.45, 2.75) is 76.7 Å². The summed E-state index contributed by atoms with van der Waals surface area (Å²) in [6.07, 6.45) is 8.91. The maximum absolute atomic E-state index is 6.40. The van der Waals surface area contributed by atoms with Crippen LogP contribution in [0.4, 0.5) is 0 Å². The van der Waals surface area contributed by atoms with E-state index in [1.807, 2.05) is 0 Å². The second-order valence-electron chi connectivity index (χ2n) is 5.99. The zero-order valence-electron chi connectivity index (χ0n) is 11.2. The van der Waals surface area contributed by atoms with Gasteiger partial charge in [-0.15, -0.1) is 0 Å². The van der Waals surface area contributed by atoms with E-state index in [1.165, 1.54) is 38.5 Å². The van der Waals surface area contributed by atoms with Crippen LogP contribution in [0, 0.1) is 5.92 Å². The molecule has 3 atom stereocenters. The molecule has 1 nitrogen and oxygen atoms in total. The summed E-state index contributed by atoms with van der Waals surface area (Å²) in [7, 11) is 6.40. The van der Waals surface area contributed by atoms with E-state index in [0.29, 0.717) is 23.8 Å². The van der Waals surface area contributed by atoms with Crippen molar-refractivity contribution in [1.82, 2.24) is 4.90 Å². The summed E-state index contributed by atoms with van der Waals surface area (Å²) >= 11 is 5.58. The van der Waals surface area contributed by atoms with Crippen LogP contribution in [0.15, 0.2) is 0 Å². The molecule has 1 saturated carbocycles. The first-order chi connectivity index (χ1) is 8.11. The third-order valence-electron chi connectivity index (χ3n) is 4.44. The second-order valence-corrected chi connectivity index (χ2v) is 6.46. The fourth-order valence-electron chi connectivity index (χ4n) is 3.60. The number of hydrogen-bond acceptors (Lipinski definition) is 1. The van der Waals surface area contributed by atoms with E-state index < -0.39 is 0 Å². The molecule has 2 aliphatic rings. The minimum Gasteiger partial charge on any atom is -0.360 e. The van der Waals surface area contributed by atoms with E-state index in [0.717, 1.165) is 11.4 Å². The Hall–Kier alpha value is -0.0451. The van der Waals surface area contributed by atoms with E-state index in [1.54, 1.807) is 0 Å². The standard InChI is InChI=1S/C14H24BNS/c1-10(2)16-13-8-6-4-3-5-7-12(15)11(13)9-14(16)17/h10-13H,3-9H2,1-2H3. The molecule has 2 rings (SSSR count). The predicted molar refractivity (Wildman–Crippen MR) is 78.7 cm³/mol. The number of rotatable bonds is 1. The van der Waals surface area contributed by atoms with Gasteiger partial charge in [-0.2, -0.15) is 0 Å². The molecule has 2 fully saturated rings. The molecular weight excluding hydrogens is 225 g/mol. The van der Waals surface area contributed by atoms with Crippen LogP contribution in [0.5, 0.6) is 0 Å². The van der Waals surface area contributed by atoms with Crippen molar-refractivity contribution in [3.8, 4) is 0 Å². The van der Waals surface area contributed by atoms with Gasteiger partial charge in [-0.25, -0.2) is 0 Å². The largest absolute Gasteiger partial charge is 0.360 e. The monoisotopic (exact) mass is 249 g/mol. The van der Waals surface area contributed by atoms with Crippen molar-refractivity contribution in [2.24, 2.45) is 5.92 Å². The smallest absolute Gasteiger partial charge is 0.0787 e. The Morgan fingerprint density at radius 3 is 2.47 bits per heavy atom. The molecule has 3 unspecified atom stereocenters. The molecule has 0 aromatic heterocycles. The van der Waals surface area contributed by atoms with Gasteiger partial charge in [-0.1, -0.05) is 50.1 Å². The van der Waals surface area contributed by atoms with Crippen molar-refractivity contribution in [3.63, 3.8) is 0 Å². The van der Waals surface area contributed by atoms with E-state index >= 15 is 0 Å². The van der Waals surface area contributed by atoms with Crippen LogP contribution < -0.4 is 0 Å². The molecule has 3 heteroatoms. The van der Waals surface area contributed by atoms with E-state index in [4.69, 9.17) is 20.1 Å². The Bertz CT molecular complexity index is 279. The average Bonchev–Trinajstić information content (AvgIpc) is 2.61. The highest BCUT2D eigenvalue weighted by atomic mass is 32.1. The van der Waals surface area contributed by atoms with Crippen molar-refractivity contribution in [2.75, 3.05) is 0 Å². The predicted octanol–water partition coefficient (Wildman–Crippen LogP) is 3.72. The first kappa shape index (κ1) is 13.4. The van der Waals surface area contributed by atoms with Crippen molar-refractivity contribution in [3.05, 3.63) is 0 Å². The molecule has 0 aromatic rings. The molecule has 0 bridgehead atoms. The average molecular weight is 249 g/mol. The van der Waals surface area contributed by atoms with Crippen LogP contribution in [0.2, 0.25) is 5.82 Å². The van der Waals surface area contributed by atoms with Gasteiger partial charge in [0.05, 0.1) is 12.8 Å². The summed E-state index contributed by atoms with van der Waals surface area (Å²) in [5, 5.41) is 0. The van der Waals surface area contributed by atoms with Crippen LogP contribution in [0.25, 0.3) is 0 Å². The van der Waals surface area contributed by atoms with Gasteiger partial charge in [0.2, 0.25) is 0 Å². The molecule has 1 heterocycles. The summed E-state index contributed by atoms with van der Waals surface area (Å²) in [6, 6.07) is 1.15. The van der Waals surface area contributed by atoms with Gasteiger partial charge in [0.25, 0.3) is 0 Å². The summed E-state index contributed by atoms with van der Waals surface area (Å²) in [5.74, 6) is 0.975. The maximum Gasteiger partial charge on any atom is 0.0787 e. The normalized spacial score (nSPS) is 35.4. The van der Waals surface area contributed by atoms with Gasteiger partial charge >= 0.3 is 0 Å². The zero-order chi connectivity index (χ0) is 12.4. The zero-order valence-corrected chi connectivity index (χ0v) is 12.0. The summed E-state index contributed by atoms with van der Waals surface area (Å²) < 4.78 is 0. The first-order valence-corrected chi connectivity index (χ1v) is 7.59. The number of hydrogen-bond donors (Lipinski definition) is 0. The number of fused-ring (bicyclic) bond motifs is 1. The highest BCUT2D eigenvalue weighted by Gasteiger charge is 2.40. The topological polar surface area (TPSA) is 3.24 Å². The van der Waals surface area contributed by atoms with Gasteiger partial charge in [-0.3, -0.25) is 0 Å². The van der Waals surface area contributed by atoms with Gasteiger partial charge in [0, 0.05) is 18.5 Å². The van der Waals surface area contributed by atoms with Gasteiger partial charge < -0.3 is 4.90 Å². The Labute approximate surface area is 113 Å². The molecular formula is C14H24BNS. The first-order valence-electron chi connectivity index (χ1n) is 7.18. The summed E-state index contributed by atoms with van der Waals surface area (Å²) in [6.45, 7) is 4.51. The van der Waals surface area contributed by atoms with Crippen molar-refractivity contribution < 1.29 is 0 Å². The Morgan fingerprint density at radius 1 is 1.18 bits per heavy atom. The van der Waals surface area contributed by atoms with Crippen molar-refractivity contribution in [1.29, 1.82) is 0 Å². The molecule has 0 N–H and O–H groups in total. The summed E-state index contributed by atoms with van der Waals surface area (Å²) in [4.78, 5) is 3.64. The third-order valence-corrected chi connectivity index (χ3v) is 4.82. The third kappa shape index (κ3) is 2.86. The number of likely N-dealkylation sites (tertiary alicyclic amines) is 1. The molecule has 1 saturated heterocycles. The highest BCUT2D eigenvalue weighted by Crippen LogP contribution is 2.41. The molecule has 17 heavy (non-hydrogen) atoms. The highest BCUT2D eigenvalue weighted by molar-refractivity contribution is 7.80. The van der Waals surface area contributed by atoms with Crippen LogP contribution in [0.1, 0.15) is 58.8 Å². The van der Waals surface area contributed by atoms with Gasteiger partial charge in [-0.05, 0) is 26.2 Å². The second kappa shape index (κ2) is 5.73. The van der Waals surface area contributed by atoms with Crippen LogP contribution in [-0.4, -0.2) is 29.8 Å². The molecule has 94 valence electrons. The van der Waals surface area contributed by atoms with Gasteiger partial charge in [0.15, 0.2) is 0 Å². The lowest BCUT2D eigenvalue weighted by Gasteiger charge is -2.34. The van der Waals surface area contributed by atoms with Crippen LogP contribution in [-0.2, 0) is 0 Å². The van der Waals surface area contributed by atoms with Crippen molar-refractivity contribution >= 4 is 25.1 Å². The Morgan fingerprint density at radius 2 is 1.82 bits per heavy atom. The van der Waals surface area contributed by atoms with Crippen LogP contribution >= 0.6 is 12.2 Å². The van der Waals surface area contributed by atoms with Crippen LogP contribution in [0.3, 0.4) is 0 Å². The SMILES string of the molecule is [B]C1CCCCCCC2C1CC(=S)N2C(C)C. The molecule has 0 aromatic carbocycles. The number of thiocarbonyl (C=S) groups is 1. The lowest BCUT2D eigenvalue weighted by molar-refractivity contribution is 0.218. The Balaban J connectivity index is 2.16.